The van der Waals surface area contributed by atoms with Gasteiger partial charge in [-0.1, -0.05) is 60.7 Å². The summed E-state index contributed by atoms with van der Waals surface area (Å²) in [6.07, 6.45) is 0. The van der Waals surface area contributed by atoms with E-state index in [2.05, 4.69) is 5.32 Å². The topological polar surface area (TPSA) is 49.3 Å². The Morgan fingerprint density at radius 1 is 0.783 bits per heavy atom. The minimum absolute atomic E-state index is 0.0548. The van der Waals surface area contributed by atoms with Crippen molar-refractivity contribution in [3.05, 3.63) is 95.6 Å². The minimum Gasteiger partial charge on any atom is -0.508 e. The number of rotatable bonds is 2. The molecule has 3 heteroatoms. The second kappa shape index (κ2) is 4.99. The molecule has 3 aromatic rings. The quantitative estimate of drug-likeness (QED) is 0.705. The van der Waals surface area contributed by atoms with Crippen molar-refractivity contribution in [2.45, 2.75) is 5.54 Å². The predicted molar refractivity (Wildman–Crippen MR) is 89.7 cm³/mol. The third-order valence-electron chi connectivity index (χ3n) is 4.32. The Bertz CT molecular complexity index is 833. The van der Waals surface area contributed by atoms with E-state index >= 15 is 0 Å². The van der Waals surface area contributed by atoms with Gasteiger partial charge in [0.15, 0.2) is 11.3 Å². The van der Waals surface area contributed by atoms with Crippen LogP contribution >= 0.6 is 0 Å². The van der Waals surface area contributed by atoms with Gasteiger partial charge in [-0.05, 0) is 29.3 Å². The van der Waals surface area contributed by atoms with Gasteiger partial charge in [-0.15, -0.1) is 0 Å². The fourth-order valence-corrected chi connectivity index (χ4v) is 3.24. The van der Waals surface area contributed by atoms with Crippen molar-refractivity contribution in [2.75, 3.05) is 5.32 Å². The molecule has 0 spiro atoms. The number of anilines is 1. The molecule has 0 aliphatic carbocycles. The molecule has 112 valence electrons. The highest BCUT2D eigenvalue weighted by Crippen LogP contribution is 2.44. The Morgan fingerprint density at radius 3 is 1.91 bits per heavy atom. The molecule has 1 aliphatic heterocycles. The van der Waals surface area contributed by atoms with Crippen LogP contribution in [0.5, 0.6) is 5.75 Å². The fraction of sp³-hybridized carbons (Fsp3) is 0.0500. The number of carbonyl (C=O) groups is 1. The molecule has 4 rings (SSSR count). The van der Waals surface area contributed by atoms with Gasteiger partial charge in [0.2, 0.25) is 0 Å². The summed E-state index contributed by atoms with van der Waals surface area (Å²) in [6.45, 7) is 0. The molecule has 0 bridgehead atoms. The minimum atomic E-state index is -0.960. The van der Waals surface area contributed by atoms with E-state index in [0.717, 1.165) is 16.8 Å². The molecule has 1 heterocycles. The smallest absolute Gasteiger partial charge is 0.199 e. The van der Waals surface area contributed by atoms with E-state index in [1.165, 1.54) is 6.07 Å². The van der Waals surface area contributed by atoms with E-state index in [0.29, 0.717) is 5.56 Å². The lowest BCUT2D eigenvalue weighted by molar-refractivity contribution is 0.0940. The van der Waals surface area contributed by atoms with Crippen molar-refractivity contribution >= 4 is 11.5 Å². The lowest BCUT2D eigenvalue weighted by Crippen LogP contribution is -2.39. The number of phenols is 1. The van der Waals surface area contributed by atoms with E-state index in [1.54, 1.807) is 12.1 Å². The zero-order chi connectivity index (χ0) is 15.9. The third kappa shape index (κ3) is 1.94. The molecule has 23 heavy (non-hydrogen) atoms. The maximum absolute atomic E-state index is 13.3. The molecule has 0 fully saturated rings. The summed E-state index contributed by atoms with van der Waals surface area (Å²) in [5, 5.41) is 13.1. The zero-order valence-corrected chi connectivity index (χ0v) is 12.4. The SMILES string of the molecule is O=C1c2cc(O)ccc2NC1(c1ccccc1)c1ccccc1. The van der Waals surface area contributed by atoms with Crippen molar-refractivity contribution in [1.82, 2.24) is 0 Å². The molecule has 0 unspecified atom stereocenters. The van der Waals surface area contributed by atoms with Crippen LogP contribution in [0.15, 0.2) is 78.9 Å². The molecule has 0 atom stereocenters. The number of hydrogen-bond acceptors (Lipinski definition) is 3. The van der Waals surface area contributed by atoms with Gasteiger partial charge in [-0.2, -0.15) is 0 Å². The molecule has 0 saturated carbocycles. The number of Topliss-reactive ketones (excluding diaryl/α,β-unsaturated/α-hetero) is 1. The van der Waals surface area contributed by atoms with E-state index in [1.807, 2.05) is 60.7 Å². The Kier molecular flexibility index (Phi) is 2.95. The summed E-state index contributed by atoms with van der Waals surface area (Å²) < 4.78 is 0. The maximum atomic E-state index is 13.3. The first kappa shape index (κ1) is 13.6. The average Bonchev–Trinajstić information content (AvgIpc) is 2.90. The van der Waals surface area contributed by atoms with Gasteiger partial charge in [-0.25, -0.2) is 0 Å². The van der Waals surface area contributed by atoms with Crippen LogP contribution < -0.4 is 5.32 Å². The number of ketones is 1. The predicted octanol–water partition coefficient (Wildman–Crippen LogP) is 3.94. The molecular formula is C20H15NO2. The lowest BCUT2D eigenvalue weighted by atomic mass is 9.79. The van der Waals surface area contributed by atoms with Crippen molar-refractivity contribution < 1.29 is 9.90 Å². The molecule has 1 aliphatic rings. The molecule has 0 radical (unpaired) electrons. The number of carbonyl (C=O) groups excluding carboxylic acids is 1. The molecule has 0 saturated heterocycles. The summed E-state index contributed by atoms with van der Waals surface area (Å²) >= 11 is 0. The van der Waals surface area contributed by atoms with E-state index in [9.17, 15) is 9.90 Å². The Hall–Kier alpha value is -3.07. The van der Waals surface area contributed by atoms with Crippen LogP contribution in [0.25, 0.3) is 0 Å². The van der Waals surface area contributed by atoms with Crippen LogP contribution in [-0.4, -0.2) is 10.9 Å². The van der Waals surface area contributed by atoms with Crippen LogP contribution in [0.1, 0.15) is 21.5 Å². The summed E-state index contributed by atoms with van der Waals surface area (Å²) in [5.74, 6) is 0.0385. The van der Waals surface area contributed by atoms with Gasteiger partial charge in [-0.3, -0.25) is 4.79 Å². The average molecular weight is 301 g/mol. The van der Waals surface area contributed by atoms with Gasteiger partial charge >= 0.3 is 0 Å². The number of nitrogens with one attached hydrogen (secondary N) is 1. The standard InChI is InChI=1S/C20H15NO2/c22-16-11-12-18-17(13-16)19(23)20(21-18,14-7-3-1-4-8-14)15-9-5-2-6-10-15/h1-13,21-22H. The third-order valence-corrected chi connectivity index (χ3v) is 4.32. The highest BCUT2D eigenvalue weighted by atomic mass is 16.3. The Labute approximate surface area is 134 Å². The highest BCUT2D eigenvalue weighted by Gasteiger charge is 2.48. The first-order valence-corrected chi connectivity index (χ1v) is 7.49. The number of benzene rings is 3. The van der Waals surface area contributed by atoms with Gasteiger partial charge in [0, 0.05) is 11.3 Å². The lowest BCUT2D eigenvalue weighted by Gasteiger charge is -2.29. The second-order valence-corrected chi connectivity index (χ2v) is 5.67. The molecule has 2 N–H and O–H groups in total. The summed E-state index contributed by atoms with van der Waals surface area (Å²) in [4.78, 5) is 13.3. The summed E-state index contributed by atoms with van der Waals surface area (Å²) in [6, 6.07) is 24.2. The van der Waals surface area contributed by atoms with Crippen LogP contribution in [0.2, 0.25) is 0 Å². The number of phenolic OH excluding ortho intramolecular Hbond substituents is 1. The second-order valence-electron chi connectivity index (χ2n) is 5.67. The first-order chi connectivity index (χ1) is 11.2. The van der Waals surface area contributed by atoms with Crippen molar-refractivity contribution in [3.8, 4) is 5.75 Å². The molecule has 3 nitrogen and oxygen atoms in total. The van der Waals surface area contributed by atoms with E-state index in [4.69, 9.17) is 0 Å². The normalized spacial score (nSPS) is 15.0. The largest absolute Gasteiger partial charge is 0.508 e. The van der Waals surface area contributed by atoms with Gasteiger partial charge in [0.05, 0.1) is 0 Å². The van der Waals surface area contributed by atoms with Gasteiger partial charge in [0.1, 0.15) is 5.75 Å². The van der Waals surface area contributed by atoms with Crippen molar-refractivity contribution in [3.63, 3.8) is 0 Å². The number of hydrogen-bond donors (Lipinski definition) is 2. The van der Waals surface area contributed by atoms with Crippen molar-refractivity contribution in [1.29, 1.82) is 0 Å². The summed E-state index contributed by atoms with van der Waals surface area (Å²) in [7, 11) is 0. The fourth-order valence-electron chi connectivity index (χ4n) is 3.24. The van der Waals surface area contributed by atoms with Gasteiger partial charge < -0.3 is 10.4 Å². The van der Waals surface area contributed by atoms with Crippen LogP contribution in [-0.2, 0) is 5.54 Å². The van der Waals surface area contributed by atoms with E-state index < -0.39 is 5.54 Å². The molecule has 3 aromatic carbocycles. The van der Waals surface area contributed by atoms with Crippen LogP contribution in [0.4, 0.5) is 5.69 Å². The monoisotopic (exact) mass is 301 g/mol. The zero-order valence-electron chi connectivity index (χ0n) is 12.4. The van der Waals surface area contributed by atoms with Crippen LogP contribution in [0, 0.1) is 0 Å². The first-order valence-electron chi connectivity index (χ1n) is 7.49. The number of aromatic hydroxyl groups is 1. The van der Waals surface area contributed by atoms with Gasteiger partial charge in [0.25, 0.3) is 0 Å². The molecule has 0 aromatic heterocycles. The van der Waals surface area contributed by atoms with Crippen LogP contribution in [0.3, 0.4) is 0 Å². The Balaban J connectivity index is 1.98. The molecule has 0 amide bonds. The number of fused-ring (bicyclic) bond motifs is 1. The van der Waals surface area contributed by atoms with Crippen molar-refractivity contribution in [2.24, 2.45) is 0 Å². The summed E-state index contributed by atoms with van der Waals surface area (Å²) in [5.41, 5.74) is 2.05. The highest BCUT2D eigenvalue weighted by molar-refractivity contribution is 6.16. The molecular weight excluding hydrogens is 286 g/mol. The Morgan fingerprint density at radius 2 is 1.35 bits per heavy atom. The maximum Gasteiger partial charge on any atom is 0.199 e. The van der Waals surface area contributed by atoms with E-state index in [-0.39, 0.29) is 11.5 Å².